The summed E-state index contributed by atoms with van der Waals surface area (Å²) in [7, 11) is 0. The summed E-state index contributed by atoms with van der Waals surface area (Å²) in [5, 5.41) is 12.8. The number of carbonyl (C=O) groups excluding carboxylic acids is 1. The molecule has 0 aliphatic heterocycles. The predicted molar refractivity (Wildman–Crippen MR) is 88.0 cm³/mol. The molecule has 116 valence electrons. The van der Waals surface area contributed by atoms with E-state index >= 15 is 0 Å². The number of amides is 1. The van der Waals surface area contributed by atoms with E-state index in [1.165, 1.54) is 11.8 Å². The first-order valence-electron chi connectivity index (χ1n) is 7.21. The minimum Gasteiger partial charge on any atom is -0.396 e. The van der Waals surface area contributed by atoms with Crippen molar-refractivity contribution in [2.75, 3.05) is 6.61 Å². The average Bonchev–Trinajstić information content (AvgIpc) is 2.55. The van der Waals surface area contributed by atoms with Crippen molar-refractivity contribution in [2.24, 2.45) is 5.92 Å². The van der Waals surface area contributed by atoms with Gasteiger partial charge in [-0.2, -0.15) is 0 Å². The third-order valence-electron chi connectivity index (χ3n) is 3.47. The van der Waals surface area contributed by atoms with Gasteiger partial charge < -0.3 is 10.4 Å². The van der Waals surface area contributed by atoms with Crippen LogP contribution in [-0.4, -0.2) is 28.6 Å². The molecule has 22 heavy (non-hydrogen) atoms. The van der Waals surface area contributed by atoms with Gasteiger partial charge in [-0.05, 0) is 37.1 Å². The lowest BCUT2D eigenvalue weighted by Gasteiger charge is -2.19. The molecule has 0 aliphatic rings. The molecule has 4 nitrogen and oxygen atoms in total. The number of aromatic nitrogens is 1. The summed E-state index contributed by atoms with van der Waals surface area (Å²) in [4.78, 5) is 17.8. The Kier molecular flexibility index (Phi) is 5.98. The summed E-state index contributed by atoms with van der Waals surface area (Å²) < 4.78 is 0. The van der Waals surface area contributed by atoms with Crippen LogP contribution in [0.15, 0.2) is 58.6 Å². The molecule has 0 spiro atoms. The van der Waals surface area contributed by atoms with Gasteiger partial charge in [0.2, 0.25) is 0 Å². The quantitative estimate of drug-likeness (QED) is 0.860. The van der Waals surface area contributed by atoms with Crippen LogP contribution in [0, 0.1) is 5.92 Å². The van der Waals surface area contributed by atoms with E-state index in [1.807, 2.05) is 44.2 Å². The lowest BCUT2D eigenvalue weighted by molar-refractivity contribution is 0.0912. The molecule has 1 aromatic carbocycles. The van der Waals surface area contributed by atoms with Crippen LogP contribution in [0.4, 0.5) is 0 Å². The van der Waals surface area contributed by atoms with Crippen LogP contribution in [0.3, 0.4) is 0 Å². The third-order valence-corrected chi connectivity index (χ3v) is 4.50. The summed E-state index contributed by atoms with van der Waals surface area (Å²) in [6, 6.07) is 13.2. The standard InChI is InChI=1S/C17H20N2O2S/c1-12(11-20)13(2)19-16(21)15-9-6-10-18-17(15)22-14-7-4-3-5-8-14/h3-10,12-13,20H,11H2,1-2H3,(H,19,21). The van der Waals surface area contributed by atoms with E-state index in [-0.39, 0.29) is 24.5 Å². The van der Waals surface area contributed by atoms with Crippen LogP contribution >= 0.6 is 11.8 Å². The molecule has 0 bridgehead atoms. The van der Waals surface area contributed by atoms with Crippen molar-refractivity contribution >= 4 is 17.7 Å². The fraction of sp³-hybridized carbons (Fsp3) is 0.294. The molecule has 1 amide bonds. The smallest absolute Gasteiger partial charge is 0.254 e. The number of nitrogens with one attached hydrogen (secondary N) is 1. The van der Waals surface area contributed by atoms with E-state index in [0.29, 0.717) is 10.6 Å². The Hall–Kier alpha value is -1.85. The van der Waals surface area contributed by atoms with Crippen molar-refractivity contribution in [3.63, 3.8) is 0 Å². The molecular weight excluding hydrogens is 296 g/mol. The molecule has 0 saturated carbocycles. The highest BCUT2D eigenvalue weighted by molar-refractivity contribution is 7.99. The molecule has 5 heteroatoms. The monoisotopic (exact) mass is 316 g/mol. The molecular formula is C17H20N2O2S. The molecule has 0 fully saturated rings. The molecule has 1 heterocycles. The van der Waals surface area contributed by atoms with Crippen molar-refractivity contribution in [3.05, 3.63) is 54.2 Å². The normalized spacial score (nSPS) is 13.4. The second-order valence-electron chi connectivity index (χ2n) is 5.19. The van der Waals surface area contributed by atoms with E-state index in [4.69, 9.17) is 0 Å². The molecule has 2 aromatic rings. The first-order chi connectivity index (χ1) is 10.6. The Morgan fingerprint density at radius 1 is 1.23 bits per heavy atom. The van der Waals surface area contributed by atoms with E-state index in [9.17, 15) is 9.90 Å². The number of hydrogen-bond donors (Lipinski definition) is 2. The van der Waals surface area contributed by atoms with E-state index in [0.717, 1.165) is 4.90 Å². The summed E-state index contributed by atoms with van der Waals surface area (Å²) >= 11 is 1.46. The summed E-state index contributed by atoms with van der Waals surface area (Å²) in [5.74, 6) is -0.162. The number of aliphatic hydroxyl groups excluding tert-OH is 1. The maximum Gasteiger partial charge on any atom is 0.254 e. The van der Waals surface area contributed by atoms with Gasteiger partial charge in [0.1, 0.15) is 5.03 Å². The van der Waals surface area contributed by atoms with Crippen molar-refractivity contribution in [1.29, 1.82) is 0 Å². The number of nitrogens with zero attached hydrogens (tertiary/aromatic N) is 1. The third kappa shape index (κ3) is 4.32. The summed E-state index contributed by atoms with van der Waals surface area (Å²) in [5.41, 5.74) is 0.549. The molecule has 0 aliphatic carbocycles. The largest absolute Gasteiger partial charge is 0.396 e. The first kappa shape index (κ1) is 16.5. The van der Waals surface area contributed by atoms with Gasteiger partial charge in [0.05, 0.1) is 5.56 Å². The van der Waals surface area contributed by atoms with Gasteiger partial charge in [0.25, 0.3) is 5.91 Å². The van der Waals surface area contributed by atoms with E-state index in [2.05, 4.69) is 10.3 Å². The molecule has 2 atom stereocenters. The summed E-state index contributed by atoms with van der Waals surface area (Å²) in [6.45, 7) is 3.83. The lowest BCUT2D eigenvalue weighted by Crippen LogP contribution is -2.38. The zero-order valence-electron chi connectivity index (χ0n) is 12.7. The number of pyridine rings is 1. The van der Waals surface area contributed by atoms with Gasteiger partial charge in [-0.15, -0.1) is 0 Å². The number of benzene rings is 1. The Morgan fingerprint density at radius 2 is 1.95 bits per heavy atom. The lowest BCUT2D eigenvalue weighted by atomic mass is 10.0. The number of rotatable bonds is 6. The number of carbonyl (C=O) groups is 1. The molecule has 0 radical (unpaired) electrons. The highest BCUT2D eigenvalue weighted by Crippen LogP contribution is 2.28. The molecule has 2 N–H and O–H groups in total. The number of aliphatic hydroxyl groups is 1. The Balaban J connectivity index is 2.16. The van der Waals surface area contributed by atoms with Crippen LogP contribution in [0.25, 0.3) is 0 Å². The fourth-order valence-electron chi connectivity index (χ4n) is 1.83. The van der Waals surface area contributed by atoms with Gasteiger partial charge >= 0.3 is 0 Å². The van der Waals surface area contributed by atoms with Crippen LogP contribution in [0.5, 0.6) is 0 Å². The zero-order chi connectivity index (χ0) is 15.9. The minimum absolute atomic E-state index is 0.00541. The second-order valence-corrected chi connectivity index (χ2v) is 6.26. The van der Waals surface area contributed by atoms with Crippen molar-refractivity contribution in [1.82, 2.24) is 10.3 Å². The van der Waals surface area contributed by atoms with Gasteiger partial charge in [-0.25, -0.2) is 4.98 Å². The molecule has 0 saturated heterocycles. The van der Waals surface area contributed by atoms with Crippen molar-refractivity contribution in [3.8, 4) is 0 Å². The Bertz CT molecular complexity index is 619. The Labute approximate surface area is 135 Å². The second kappa shape index (κ2) is 7.96. The van der Waals surface area contributed by atoms with Crippen LogP contribution in [0.1, 0.15) is 24.2 Å². The average molecular weight is 316 g/mol. The highest BCUT2D eigenvalue weighted by Gasteiger charge is 2.18. The van der Waals surface area contributed by atoms with Crippen LogP contribution in [0.2, 0.25) is 0 Å². The highest BCUT2D eigenvalue weighted by atomic mass is 32.2. The zero-order valence-corrected chi connectivity index (χ0v) is 13.5. The van der Waals surface area contributed by atoms with Crippen LogP contribution in [-0.2, 0) is 0 Å². The SMILES string of the molecule is CC(CO)C(C)NC(=O)c1cccnc1Sc1ccccc1. The van der Waals surface area contributed by atoms with Gasteiger partial charge in [0, 0.05) is 23.7 Å². The van der Waals surface area contributed by atoms with Crippen molar-refractivity contribution in [2.45, 2.75) is 29.8 Å². The topological polar surface area (TPSA) is 62.2 Å². The predicted octanol–water partition coefficient (Wildman–Crippen LogP) is 2.98. The minimum atomic E-state index is -0.167. The van der Waals surface area contributed by atoms with Gasteiger partial charge in [0.15, 0.2) is 0 Å². The van der Waals surface area contributed by atoms with Gasteiger partial charge in [-0.3, -0.25) is 4.79 Å². The van der Waals surface area contributed by atoms with Gasteiger partial charge in [-0.1, -0.05) is 36.9 Å². The maximum atomic E-state index is 12.4. The van der Waals surface area contributed by atoms with E-state index in [1.54, 1.807) is 18.3 Å². The molecule has 2 unspecified atom stereocenters. The van der Waals surface area contributed by atoms with Crippen molar-refractivity contribution < 1.29 is 9.90 Å². The first-order valence-corrected chi connectivity index (χ1v) is 8.03. The maximum absolute atomic E-state index is 12.4. The Morgan fingerprint density at radius 3 is 2.64 bits per heavy atom. The molecule has 1 aromatic heterocycles. The fourth-order valence-corrected chi connectivity index (χ4v) is 2.73. The number of hydrogen-bond acceptors (Lipinski definition) is 4. The van der Waals surface area contributed by atoms with Crippen LogP contribution < -0.4 is 5.32 Å². The van der Waals surface area contributed by atoms with E-state index < -0.39 is 0 Å². The molecule has 2 rings (SSSR count). The summed E-state index contributed by atoms with van der Waals surface area (Å²) in [6.07, 6.45) is 1.68.